The molecule has 5 heteroatoms. The predicted molar refractivity (Wildman–Crippen MR) is 81.8 cm³/mol. The van der Waals surface area contributed by atoms with Crippen LogP contribution in [0.4, 0.5) is 0 Å². The van der Waals surface area contributed by atoms with Crippen LogP contribution in [0.1, 0.15) is 42.5 Å². The Bertz CT molecular complexity index is 608. The van der Waals surface area contributed by atoms with Crippen LogP contribution in [0.3, 0.4) is 0 Å². The second kappa shape index (κ2) is 5.58. The van der Waals surface area contributed by atoms with E-state index in [4.69, 9.17) is 4.98 Å². The molecule has 0 N–H and O–H groups in total. The molecule has 0 aromatic carbocycles. The molecule has 0 saturated carbocycles. The number of rotatable bonds is 2. The van der Waals surface area contributed by atoms with Gasteiger partial charge >= 0.3 is 0 Å². The van der Waals surface area contributed by atoms with Gasteiger partial charge in [-0.2, -0.15) is 0 Å². The molecule has 2 aromatic rings. The van der Waals surface area contributed by atoms with Crippen molar-refractivity contribution in [3.63, 3.8) is 0 Å². The van der Waals surface area contributed by atoms with E-state index in [0.29, 0.717) is 6.04 Å². The number of hydrogen-bond donors (Lipinski definition) is 0. The van der Waals surface area contributed by atoms with Crippen molar-refractivity contribution in [2.75, 3.05) is 13.6 Å². The quantitative estimate of drug-likeness (QED) is 0.849. The van der Waals surface area contributed by atoms with E-state index < -0.39 is 0 Å². The summed E-state index contributed by atoms with van der Waals surface area (Å²) >= 11 is 1.65. The topological polar surface area (TPSA) is 41.9 Å². The van der Waals surface area contributed by atoms with Gasteiger partial charge in [-0.15, -0.1) is 11.3 Å². The first-order valence-corrected chi connectivity index (χ1v) is 8.00. The Hall–Kier alpha value is -1.33. The zero-order chi connectivity index (χ0) is 14.1. The molecule has 0 radical (unpaired) electrons. The average Bonchev–Trinajstić information content (AvgIpc) is 2.85. The highest BCUT2D eigenvalue weighted by molar-refractivity contribution is 7.13. The predicted octanol–water partition coefficient (Wildman–Crippen LogP) is 3.37. The maximum Gasteiger partial charge on any atom is 0.146 e. The summed E-state index contributed by atoms with van der Waals surface area (Å²) in [6, 6.07) is 2.38. The summed E-state index contributed by atoms with van der Waals surface area (Å²) < 4.78 is 0. The van der Waals surface area contributed by atoms with Crippen LogP contribution in [0.5, 0.6) is 0 Å². The molecule has 0 bridgehead atoms. The largest absolute Gasteiger partial charge is 0.296 e. The van der Waals surface area contributed by atoms with Crippen LogP contribution in [0, 0.1) is 13.8 Å². The maximum atomic E-state index is 4.79. The fourth-order valence-corrected chi connectivity index (χ4v) is 3.48. The van der Waals surface area contributed by atoms with Crippen LogP contribution in [0.2, 0.25) is 0 Å². The first kappa shape index (κ1) is 13.6. The molecule has 1 atom stereocenters. The number of piperidine rings is 1. The molecule has 3 rings (SSSR count). The molecule has 0 aliphatic carbocycles. The van der Waals surface area contributed by atoms with E-state index in [1.165, 1.54) is 12.8 Å². The number of aryl methyl sites for hydroxylation is 2. The third kappa shape index (κ3) is 2.74. The summed E-state index contributed by atoms with van der Waals surface area (Å²) in [5.74, 6) is 0.954. The molecular formula is C15H20N4S. The standard InChI is InChI=1S/C15H20N4S/c1-10-8-12(15-17-11(2)9-20-15)18-14(16-10)13-6-4-5-7-19(13)3/h8-9,13H,4-7H2,1-3H3/t13-/m0/s1. The fraction of sp³-hybridized carbons (Fsp3) is 0.533. The van der Waals surface area contributed by atoms with E-state index in [2.05, 4.69) is 27.3 Å². The zero-order valence-electron chi connectivity index (χ0n) is 12.3. The van der Waals surface area contributed by atoms with Crippen LogP contribution in [0.15, 0.2) is 11.4 Å². The molecule has 0 spiro atoms. The SMILES string of the molecule is Cc1cc(-c2nc(C)cs2)nc([C@@H]2CCCCN2C)n1. The average molecular weight is 288 g/mol. The smallest absolute Gasteiger partial charge is 0.146 e. The summed E-state index contributed by atoms with van der Waals surface area (Å²) in [4.78, 5) is 16.4. The number of aromatic nitrogens is 3. The molecule has 20 heavy (non-hydrogen) atoms. The van der Waals surface area contributed by atoms with Crippen molar-refractivity contribution in [1.82, 2.24) is 19.9 Å². The lowest BCUT2D eigenvalue weighted by Gasteiger charge is -2.31. The van der Waals surface area contributed by atoms with Gasteiger partial charge in [0, 0.05) is 16.8 Å². The van der Waals surface area contributed by atoms with Gasteiger partial charge in [-0.05, 0) is 46.3 Å². The Kier molecular flexibility index (Phi) is 3.81. The highest BCUT2D eigenvalue weighted by Crippen LogP contribution is 2.29. The van der Waals surface area contributed by atoms with E-state index in [1.807, 2.05) is 19.9 Å². The van der Waals surface area contributed by atoms with E-state index in [9.17, 15) is 0 Å². The molecule has 2 aromatic heterocycles. The molecule has 4 nitrogen and oxygen atoms in total. The van der Waals surface area contributed by atoms with Crippen LogP contribution in [-0.2, 0) is 0 Å². The van der Waals surface area contributed by atoms with Gasteiger partial charge in [0.1, 0.15) is 16.5 Å². The fourth-order valence-electron chi connectivity index (χ4n) is 2.72. The van der Waals surface area contributed by atoms with Crippen LogP contribution >= 0.6 is 11.3 Å². The molecule has 1 aliphatic heterocycles. The minimum Gasteiger partial charge on any atom is -0.296 e. The lowest BCUT2D eigenvalue weighted by atomic mass is 10.0. The van der Waals surface area contributed by atoms with Crippen LogP contribution in [-0.4, -0.2) is 33.4 Å². The van der Waals surface area contributed by atoms with Crippen molar-refractivity contribution in [2.45, 2.75) is 39.2 Å². The molecule has 3 heterocycles. The number of nitrogens with zero attached hydrogens (tertiary/aromatic N) is 4. The minimum atomic E-state index is 0.350. The minimum absolute atomic E-state index is 0.350. The molecule has 1 aliphatic rings. The van der Waals surface area contributed by atoms with Crippen molar-refractivity contribution < 1.29 is 0 Å². The van der Waals surface area contributed by atoms with Gasteiger partial charge in [0.15, 0.2) is 0 Å². The lowest BCUT2D eigenvalue weighted by Crippen LogP contribution is -2.31. The van der Waals surface area contributed by atoms with Crippen molar-refractivity contribution in [2.24, 2.45) is 0 Å². The lowest BCUT2D eigenvalue weighted by molar-refractivity contribution is 0.179. The molecular weight excluding hydrogens is 268 g/mol. The third-order valence-corrected chi connectivity index (χ3v) is 4.76. The maximum absolute atomic E-state index is 4.79. The highest BCUT2D eigenvalue weighted by Gasteiger charge is 2.24. The molecule has 0 unspecified atom stereocenters. The number of thiazole rings is 1. The summed E-state index contributed by atoms with van der Waals surface area (Å²) in [5.41, 5.74) is 3.04. The van der Waals surface area contributed by atoms with Gasteiger partial charge in [0.25, 0.3) is 0 Å². The highest BCUT2D eigenvalue weighted by atomic mass is 32.1. The normalized spacial score (nSPS) is 20.2. The third-order valence-electron chi connectivity index (χ3n) is 3.78. The van der Waals surface area contributed by atoms with Gasteiger partial charge in [-0.25, -0.2) is 15.0 Å². The summed E-state index contributed by atoms with van der Waals surface area (Å²) in [6.07, 6.45) is 3.69. The summed E-state index contributed by atoms with van der Waals surface area (Å²) in [5, 5.41) is 3.06. The monoisotopic (exact) mass is 288 g/mol. The van der Waals surface area contributed by atoms with E-state index >= 15 is 0 Å². The van der Waals surface area contributed by atoms with Crippen molar-refractivity contribution in [1.29, 1.82) is 0 Å². The van der Waals surface area contributed by atoms with E-state index in [1.54, 1.807) is 11.3 Å². The van der Waals surface area contributed by atoms with E-state index in [-0.39, 0.29) is 0 Å². The van der Waals surface area contributed by atoms with Crippen molar-refractivity contribution in [3.8, 4) is 10.7 Å². The first-order chi connectivity index (χ1) is 9.63. The molecule has 106 valence electrons. The Morgan fingerprint density at radius 3 is 2.70 bits per heavy atom. The van der Waals surface area contributed by atoms with Gasteiger partial charge in [0.2, 0.25) is 0 Å². The van der Waals surface area contributed by atoms with Crippen LogP contribution < -0.4 is 0 Å². The van der Waals surface area contributed by atoms with Gasteiger partial charge in [-0.3, -0.25) is 4.90 Å². The Morgan fingerprint density at radius 1 is 1.15 bits per heavy atom. The Morgan fingerprint density at radius 2 is 2.00 bits per heavy atom. The first-order valence-electron chi connectivity index (χ1n) is 7.12. The zero-order valence-corrected chi connectivity index (χ0v) is 13.1. The van der Waals surface area contributed by atoms with Crippen molar-refractivity contribution >= 4 is 11.3 Å². The second-order valence-corrected chi connectivity index (χ2v) is 6.40. The van der Waals surface area contributed by atoms with Crippen molar-refractivity contribution in [3.05, 3.63) is 28.7 Å². The summed E-state index contributed by atoms with van der Waals surface area (Å²) in [7, 11) is 2.17. The summed E-state index contributed by atoms with van der Waals surface area (Å²) in [6.45, 7) is 5.19. The molecule has 1 fully saturated rings. The van der Waals surface area contributed by atoms with Crippen LogP contribution in [0.25, 0.3) is 10.7 Å². The van der Waals surface area contributed by atoms with Gasteiger partial charge in [-0.1, -0.05) is 6.42 Å². The second-order valence-electron chi connectivity index (χ2n) is 5.54. The van der Waals surface area contributed by atoms with E-state index in [0.717, 1.165) is 40.9 Å². The van der Waals surface area contributed by atoms with Gasteiger partial charge in [0.05, 0.1) is 6.04 Å². The molecule has 0 amide bonds. The Balaban J connectivity index is 1.98. The Labute approximate surface area is 123 Å². The molecule has 1 saturated heterocycles. The van der Waals surface area contributed by atoms with Gasteiger partial charge < -0.3 is 0 Å². The number of likely N-dealkylation sites (tertiary alicyclic amines) is 1. The number of hydrogen-bond acceptors (Lipinski definition) is 5.